The quantitative estimate of drug-likeness (QED) is 0.739. The normalized spacial score (nSPS) is 20.3. The highest BCUT2D eigenvalue weighted by Crippen LogP contribution is 2.52. The molecule has 1 aromatic carbocycles. The number of ketones is 1. The number of allylic oxidation sites excluding steroid dienone is 2. The maximum atomic E-state index is 12.5. The molecular weight excluding hydrogens is 288 g/mol. The number of rotatable bonds is 1. The summed E-state index contributed by atoms with van der Waals surface area (Å²) in [5, 5.41) is 21.1. The van der Waals surface area contributed by atoms with Crippen molar-refractivity contribution in [1.29, 1.82) is 0 Å². The maximum Gasteiger partial charge on any atom is 0.165 e. The minimum absolute atomic E-state index is 0.0242. The molecule has 0 saturated heterocycles. The molecule has 23 heavy (non-hydrogen) atoms. The molecule has 0 unspecified atom stereocenters. The fraction of sp³-hybridized carbons (Fsp3) is 0.550. The van der Waals surface area contributed by atoms with Crippen molar-refractivity contribution in [3.63, 3.8) is 0 Å². The summed E-state index contributed by atoms with van der Waals surface area (Å²) in [6.45, 7) is 8.32. The van der Waals surface area contributed by atoms with Crippen LogP contribution in [0.4, 0.5) is 0 Å². The van der Waals surface area contributed by atoms with Crippen LogP contribution in [-0.2, 0) is 11.2 Å². The van der Waals surface area contributed by atoms with Crippen LogP contribution in [0.2, 0.25) is 0 Å². The predicted octanol–water partition coefficient (Wildman–Crippen LogP) is 4.70. The number of benzene rings is 1. The van der Waals surface area contributed by atoms with Crippen molar-refractivity contribution in [2.45, 2.75) is 65.7 Å². The summed E-state index contributed by atoms with van der Waals surface area (Å²) in [5.74, 6) is 0.237. The van der Waals surface area contributed by atoms with E-state index in [9.17, 15) is 15.0 Å². The molecule has 0 aromatic heterocycles. The number of Topliss-reactive ketones (excluding diaryl/α,β-unsaturated/α-hetero) is 1. The predicted molar refractivity (Wildman–Crippen MR) is 91.7 cm³/mol. The van der Waals surface area contributed by atoms with Crippen LogP contribution in [0.3, 0.4) is 0 Å². The van der Waals surface area contributed by atoms with Crippen LogP contribution >= 0.6 is 0 Å². The zero-order valence-corrected chi connectivity index (χ0v) is 14.5. The van der Waals surface area contributed by atoms with Gasteiger partial charge in [0.1, 0.15) is 5.78 Å². The minimum Gasteiger partial charge on any atom is -0.504 e. The molecule has 2 aliphatic rings. The van der Waals surface area contributed by atoms with Crippen LogP contribution in [0.15, 0.2) is 11.6 Å². The average molecular weight is 314 g/mol. The van der Waals surface area contributed by atoms with Gasteiger partial charge in [-0.15, -0.1) is 0 Å². The topological polar surface area (TPSA) is 57.5 Å². The fourth-order valence-corrected chi connectivity index (χ4v) is 4.16. The van der Waals surface area contributed by atoms with Crippen molar-refractivity contribution < 1.29 is 15.0 Å². The second kappa shape index (κ2) is 5.40. The smallest absolute Gasteiger partial charge is 0.165 e. The Morgan fingerprint density at radius 3 is 2.48 bits per heavy atom. The zero-order chi connectivity index (χ0) is 16.9. The molecule has 0 radical (unpaired) electrons. The van der Waals surface area contributed by atoms with Crippen molar-refractivity contribution in [3.8, 4) is 11.5 Å². The molecule has 0 bridgehead atoms. The Bertz CT molecular complexity index is 708. The van der Waals surface area contributed by atoms with Crippen LogP contribution in [0.25, 0.3) is 5.57 Å². The van der Waals surface area contributed by atoms with E-state index in [1.165, 1.54) is 0 Å². The Morgan fingerprint density at radius 2 is 1.83 bits per heavy atom. The summed E-state index contributed by atoms with van der Waals surface area (Å²) in [4.78, 5) is 12.5. The number of hydrogen-bond acceptors (Lipinski definition) is 3. The van der Waals surface area contributed by atoms with Gasteiger partial charge in [0.2, 0.25) is 0 Å². The first-order valence-corrected chi connectivity index (χ1v) is 8.54. The molecule has 0 saturated carbocycles. The van der Waals surface area contributed by atoms with Gasteiger partial charge in [0.05, 0.1) is 0 Å². The molecular formula is C20H26O3. The van der Waals surface area contributed by atoms with Gasteiger partial charge in [0.15, 0.2) is 11.5 Å². The van der Waals surface area contributed by atoms with Gasteiger partial charge in [-0.3, -0.25) is 4.79 Å². The lowest BCUT2D eigenvalue weighted by atomic mass is 9.70. The Morgan fingerprint density at radius 1 is 1.13 bits per heavy atom. The molecule has 3 heteroatoms. The molecule has 0 atom stereocenters. The highest BCUT2D eigenvalue weighted by Gasteiger charge is 2.36. The van der Waals surface area contributed by atoms with Crippen LogP contribution in [0, 0.1) is 5.41 Å². The Hall–Kier alpha value is -1.77. The molecule has 1 aromatic rings. The first-order valence-electron chi connectivity index (χ1n) is 8.54. The van der Waals surface area contributed by atoms with Crippen LogP contribution < -0.4 is 0 Å². The van der Waals surface area contributed by atoms with Crippen molar-refractivity contribution in [1.82, 2.24) is 0 Å². The van der Waals surface area contributed by atoms with E-state index in [2.05, 4.69) is 13.8 Å². The molecule has 0 aliphatic heterocycles. The number of hydrogen-bond donors (Lipinski definition) is 2. The Balaban J connectivity index is 2.32. The lowest BCUT2D eigenvalue weighted by Gasteiger charge is -2.35. The minimum atomic E-state index is -0.0360. The maximum absolute atomic E-state index is 12.5. The molecule has 0 spiro atoms. The van der Waals surface area contributed by atoms with Gasteiger partial charge >= 0.3 is 0 Å². The summed E-state index contributed by atoms with van der Waals surface area (Å²) in [6.07, 6.45) is 3.78. The number of carbonyl (C=O) groups is 1. The first kappa shape index (κ1) is 16.1. The van der Waals surface area contributed by atoms with E-state index in [0.717, 1.165) is 41.5 Å². The van der Waals surface area contributed by atoms with Gasteiger partial charge in [-0.2, -0.15) is 0 Å². The standard InChI is InChI=1S/C20H26O3/c1-11(2)15-9-12-8-13(21)10-16-14(6-5-7-20(16,3)4)17(12)19(23)18(15)22/h9,11,22-23H,5-8,10H2,1-4H3. The lowest BCUT2D eigenvalue weighted by Crippen LogP contribution is -2.21. The third-order valence-electron chi connectivity index (χ3n) is 5.48. The first-order chi connectivity index (χ1) is 10.7. The molecule has 2 aliphatic carbocycles. The molecule has 0 amide bonds. The van der Waals surface area contributed by atoms with E-state index < -0.39 is 0 Å². The van der Waals surface area contributed by atoms with Crippen molar-refractivity contribution in [3.05, 3.63) is 28.3 Å². The van der Waals surface area contributed by atoms with Gasteiger partial charge in [0, 0.05) is 24.0 Å². The zero-order valence-electron chi connectivity index (χ0n) is 14.5. The largest absolute Gasteiger partial charge is 0.504 e. The van der Waals surface area contributed by atoms with Gasteiger partial charge in [0.25, 0.3) is 0 Å². The van der Waals surface area contributed by atoms with Crippen molar-refractivity contribution >= 4 is 11.4 Å². The monoisotopic (exact) mass is 314 g/mol. The number of phenolic OH excluding ortho intramolecular Hbond substituents is 2. The summed E-state index contributed by atoms with van der Waals surface area (Å²) in [5.41, 5.74) is 4.53. The van der Waals surface area contributed by atoms with Gasteiger partial charge in [-0.1, -0.05) is 39.3 Å². The van der Waals surface area contributed by atoms with Crippen LogP contribution in [0.5, 0.6) is 11.5 Å². The Kier molecular flexibility index (Phi) is 3.78. The SMILES string of the molecule is CC(C)c1cc2c(c(O)c1O)C1=C(CC(=O)C2)C(C)(C)CCC1. The molecule has 3 nitrogen and oxygen atoms in total. The van der Waals surface area contributed by atoms with Crippen LogP contribution in [-0.4, -0.2) is 16.0 Å². The summed E-state index contributed by atoms with van der Waals surface area (Å²) in [7, 11) is 0. The Labute approximate surface area is 138 Å². The van der Waals surface area contributed by atoms with E-state index in [1.807, 2.05) is 19.9 Å². The van der Waals surface area contributed by atoms with E-state index in [0.29, 0.717) is 18.4 Å². The number of aromatic hydroxyl groups is 2. The second-order valence-electron chi connectivity index (χ2n) is 7.94. The molecule has 3 rings (SSSR count). The highest BCUT2D eigenvalue weighted by atomic mass is 16.3. The fourth-order valence-electron chi connectivity index (χ4n) is 4.16. The van der Waals surface area contributed by atoms with E-state index in [1.54, 1.807) is 0 Å². The van der Waals surface area contributed by atoms with Crippen molar-refractivity contribution in [2.24, 2.45) is 5.41 Å². The van der Waals surface area contributed by atoms with Crippen molar-refractivity contribution in [2.75, 3.05) is 0 Å². The van der Waals surface area contributed by atoms with E-state index in [4.69, 9.17) is 0 Å². The second-order valence-corrected chi connectivity index (χ2v) is 7.94. The molecule has 2 N–H and O–H groups in total. The lowest BCUT2D eigenvalue weighted by molar-refractivity contribution is -0.118. The summed E-state index contributed by atoms with van der Waals surface area (Å²) in [6, 6.07) is 1.92. The van der Waals surface area contributed by atoms with E-state index >= 15 is 0 Å². The number of fused-ring (bicyclic) bond motifs is 2. The number of carbonyl (C=O) groups excluding carboxylic acids is 1. The molecule has 124 valence electrons. The third-order valence-corrected chi connectivity index (χ3v) is 5.48. The van der Waals surface area contributed by atoms with Crippen LogP contribution in [0.1, 0.15) is 76.0 Å². The van der Waals surface area contributed by atoms with Gasteiger partial charge in [-0.25, -0.2) is 0 Å². The molecule has 0 fully saturated rings. The van der Waals surface area contributed by atoms with Gasteiger partial charge < -0.3 is 10.2 Å². The van der Waals surface area contributed by atoms with Gasteiger partial charge in [-0.05, 0) is 41.7 Å². The summed E-state index contributed by atoms with van der Waals surface area (Å²) < 4.78 is 0. The average Bonchev–Trinajstić information content (AvgIpc) is 2.59. The van der Waals surface area contributed by atoms with E-state index in [-0.39, 0.29) is 28.6 Å². The summed E-state index contributed by atoms with van der Waals surface area (Å²) >= 11 is 0. The highest BCUT2D eigenvalue weighted by molar-refractivity contribution is 5.93. The molecule has 0 heterocycles. The number of phenols is 2. The third kappa shape index (κ3) is 2.56.